The third-order valence-corrected chi connectivity index (χ3v) is 3.58. The second-order valence-electron chi connectivity index (χ2n) is 4.19. The smallest absolute Gasteiger partial charge is 0.123 e. The van der Waals surface area contributed by atoms with E-state index in [-0.39, 0.29) is 5.82 Å². The zero-order valence-corrected chi connectivity index (χ0v) is 11.0. The SMILES string of the molecule is CSC(C)CNC(C)Cc1ccc(F)cc1. The van der Waals surface area contributed by atoms with Crippen LogP contribution in [0.1, 0.15) is 19.4 Å². The Bertz CT molecular complexity index is 299. The highest BCUT2D eigenvalue weighted by molar-refractivity contribution is 7.99. The second-order valence-corrected chi connectivity index (χ2v) is 5.46. The first-order valence-corrected chi connectivity index (χ1v) is 6.91. The van der Waals surface area contributed by atoms with Crippen LogP contribution in [0.2, 0.25) is 0 Å². The van der Waals surface area contributed by atoms with E-state index in [4.69, 9.17) is 0 Å². The number of hydrogen-bond acceptors (Lipinski definition) is 2. The van der Waals surface area contributed by atoms with Crippen LogP contribution in [0, 0.1) is 5.82 Å². The van der Waals surface area contributed by atoms with Gasteiger partial charge in [0, 0.05) is 17.8 Å². The number of halogens is 1. The first kappa shape index (κ1) is 13.5. The summed E-state index contributed by atoms with van der Waals surface area (Å²) in [5.41, 5.74) is 1.18. The summed E-state index contributed by atoms with van der Waals surface area (Å²) in [6, 6.07) is 7.18. The number of hydrogen-bond donors (Lipinski definition) is 1. The van der Waals surface area contributed by atoms with E-state index >= 15 is 0 Å². The van der Waals surface area contributed by atoms with Gasteiger partial charge in [0.1, 0.15) is 5.82 Å². The maximum Gasteiger partial charge on any atom is 0.123 e. The lowest BCUT2D eigenvalue weighted by molar-refractivity contribution is 0.547. The van der Waals surface area contributed by atoms with Crippen molar-refractivity contribution >= 4 is 11.8 Å². The molecule has 0 bridgehead atoms. The van der Waals surface area contributed by atoms with Gasteiger partial charge in [0.25, 0.3) is 0 Å². The molecule has 16 heavy (non-hydrogen) atoms. The van der Waals surface area contributed by atoms with Gasteiger partial charge in [0.2, 0.25) is 0 Å². The first-order valence-electron chi connectivity index (χ1n) is 5.62. The average Bonchev–Trinajstić information content (AvgIpc) is 2.29. The fourth-order valence-electron chi connectivity index (χ4n) is 1.50. The number of benzene rings is 1. The predicted molar refractivity (Wildman–Crippen MR) is 70.5 cm³/mol. The van der Waals surface area contributed by atoms with E-state index in [2.05, 4.69) is 25.4 Å². The van der Waals surface area contributed by atoms with Crippen LogP contribution >= 0.6 is 11.8 Å². The normalized spacial score (nSPS) is 14.8. The Morgan fingerprint density at radius 1 is 1.25 bits per heavy atom. The van der Waals surface area contributed by atoms with Crippen LogP contribution in [0.3, 0.4) is 0 Å². The Kier molecular flexibility index (Phi) is 5.85. The van der Waals surface area contributed by atoms with Gasteiger partial charge in [-0.2, -0.15) is 11.8 Å². The van der Waals surface area contributed by atoms with Crippen LogP contribution in [-0.4, -0.2) is 24.1 Å². The summed E-state index contributed by atoms with van der Waals surface area (Å²) in [5.74, 6) is -0.166. The molecule has 0 spiro atoms. The molecule has 1 rings (SSSR count). The summed E-state index contributed by atoms with van der Waals surface area (Å²) < 4.78 is 12.7. The van der Waals surface area contributed by atoms with Gasteiger partial charge in [0.15, 0.2) is 0 Å². The molecule has 0 aliphatic rings. The molecular formula is C13H20FNS. The quantitative estimate of drug-likeness (QED) is 0.821. The molecular weight excluding hydrogens is 221 g/mol. The topological polar surface area (TPSA) is 12.0 Å². The highest BCUT2D eigenvalue weighted by Gasteiger charge is 2.05. The molecule has 1 N–H and O–H groups in total. The maximum absolute atomic E-state index is 12.7. The van der Waals surface area contributed by atoms with Gasteiger partial charge in [-0.25, -0.2) is 4.39 Å². The van der Waals surface area contributed by atoms with E-state index < -0.39 is 0 Å². The van der Waals surface area contributed by atoms with Crippen LogP contribution in [0.4, 0.5) is 4.39 Å². The Morgan fingerprint density at radius 2 is 1.88 bits per heavy atom. The minimum Gasteiger partial charge on any atom is -0.313 e. The average molecular weight is 241 g/mol. The van der Waals surface area contributed by atoms with E-state index in [1.54, 1.807) is 0 Å². The van der Waals surface area contributed by atoms with Crippen molar-refractivity contribution in [2.75, 3.05) is 12.8 Å². The Morgan fingerprint density at radius 3 is 2.44 bits per heavy atom. The van der Waals surface area contributed by atoms with Crippen LogP contribution in [0.15, 0.2) is 24.3 Å². The van der Waals surface area contributed by atoms with Gasteiger partial charge in [-0.05, 0) is 37.3 Å². The molecule has 2 unspecified atom stereocenters. The molecule has 0 aromatic heterocycles. The Hall–Kier alpha value is -0.540. The van der Waals surface area contributed by atoms with Crippen molar-refractivity contribution in [2.45, 2.75) is 31.6 Å². The lowest BCUT2D eigenvalue weighted by Crippen LogP contribution is -2.32. The van der Waals surface area contributed by atoms with Crippen LogP contribution in [0.5, 0.6) is 0 Å². The summed E-state index contributed by atoms with van der Waals surface area (Å²) in [4.78, 5) is 0. The lowest BCUT2D eigenvalue weighted by Gasteiger charge is -2.16. The molecule has 0 heterocycles. The summed E-state index contributed by atoms with van der Waals surface area (Å²) >= 11 is 1.86. The maximum atomic E-state index is 12.7. The summed E-state index contributed by atoms with van der Waals surface area (Å²) in [6.07, 6.45) is 3.07. The third kappa shape index (κ3) is 4.99. The number of nitrogens with one attached hydrogen (secondary N) is 1. The van der Waals surface area contributed by atoms with Gasteiger partial charge in [0.05, 0.1) is 0 Å². The first-order chi connectivity index (χ1) is 7.61. The van der Waals surface area contributed by atoms with E-state index in [0.29, 0.717) is 11.3 Å². The molecule has 0 aliphatic heterocycles. The zero-order chi connectivity index (χ0) is 12.0. The Labute approximate surface area is 102 Å². The van der Waals surface area contributed by atoms with Crippen molar-refractivity contribution in [3.05, 3.63) is 35.6 Å². The highest BCUT2D eigenvalue weighted by Crippen LogP contribution is 2.07. The highest BCUT2D eigenvalue weighted by atomic mass is 32.2. The van der Waals surface area contributed by atoms with Crippen molar-refractivity contribution in [1.29, 1.82) is 0 Å². The monoisotopic (exact) mass is 241 g/mol. The second kappa shape index (κ2) is 6.92. The Balaban J connectivity index is 2.33. The van der Waals surface area contributed by atoms with Crippen molar-refractivity contribution in [2.24, 2.45) is 0 Å². The fourth-order valence-corrected chi connectivity index (χ4v) is 1.76. The van der Waals surface area contributed by atoms with Gasteiger partial charge in [-0.15, -0.1) is 0 Å². The molecule has 1 aromatic rings. The molecule has 1 nitrogen and oxygen atoms in total. The third-order valence-electron chi connectivity index (χ3n) is 2.61. The van der Waals surface area contributed by atoms with E-state index in [1.165, 1.54) is 17.7 Å². The minimum absolute atomic E-state index is 0.166. The fraction of sp³-hybridized carbons (Fsp3) is 0.538. The van der Waals surface area contributed by atoms with Gasteiger partial charge in [-0.1, -0.05) is 19.1 Å². The molecule has 90 valence electrons. The van der Waals surface area contributed by atoms with E-state index in [1.807, 2.05) is 23.9 Å². The zero-order valence-electron chi connectivity index (χ0n) is 10.2. The van der Waals surface area contributed by atoms with Crippen molar-refractivity contribution < 1.29 is 4.39 Å². The van der Waals surface area contributed by atoms with E-state index in [9.17, 15) is 4.39 Å². The summed E-state index contributed by atoms with van der Waals surface area (Å²) in [7, 11) is 0. The molecule has 0 amide bonds. The summed E-state index contributed by atoms with van der Waals surface area (Å²) in [5, 5.41) is 4.12. The van der Waals surface area contributed by atoms with Gasteiger partial charge < -0.3 is 5.32 Å². The minimum atomic E-state index is -0.166. The van der Waals surface area contributed by atoms with Crippen LogP contribution in [0.25, 0.3) is 0 Å². The molecule has 0 fully saturated rings. The standard InChI is InChI=1S/C13H20FNS/c1-10(15-9-11(2)16-3)8-12-4-6-13(14)7-5-12/h4-7,10-11,15H,8-9H2,1-3H3. The van der Waals surface area contributed by atoms with E-state index in [0.717, 1.165) is 13.0 Å². The van der Waals surface area contributed by atoms with Gasteiger partial charge >= 0.3 is 0 Å². The molecule has 0 aliphatic carbocycles. The lowest BCUT2D eigenvalue weighted by atomic mass is 10.1. The largest absolute Gasteiger partial charge is 0.313 e. The van der Waals surface area contributed by atoms with Crippen LogP contribution in [-0.2, 0) is 6.42 Å². The number of rotatable bonds is 6. The van der Waals surface area contributed by atoms with Gasteiger partial charge in [-0.3, -0.25) is 0 Å². The summed E-state index contributed by atoms with van der Waals surface area (Å²) in [6.45, 7) is 5.39. The molecule has 3 heteroatoms. The molecule has 0 saturated heterocycles. The van der Waals surface area contributed by atoms with Crippen molar-refractivity contribution in [1.82, 2.24) is 5.32 Å². The molecule has 2 atom stereocenters. The van der Waals surface area contributed by atoms with Crippen LogP contribution < -0.4 is 5.32 Å². The molecule has 0 radical (unpaired) electrons. The number of thioether (sulfide) groups is 1. The van der Waals surface area contributed by atoms with Crippen molar-refractivity contribution in [3.63, 3.8) is 0 Å². The molecule has 0 saturated carbocycles. The van der Waals surface area contributed by atoms with Crippen molar-refractivity contribution in [3.8, 4) is 0 Å². The molecule has 1 aromatic carbocycles. The predicted octanol–water partition coefficient (Wildman–Crippen LogP) is 3.10.